The van der Waals surface area contributed by atoms with Crippen molar-refractivity contribution in [3.05, 3.63) is 65.2 Å². The van der Waals surface area contributed by atoms with Gasteiger partial charge >= 0.3 is 0 Å². The molecule has 0 saturated heterocycles. The van der Waals surface area contributed by atoms with Gasteiger partial charge in [-0.3, -0.25) is 9.89 Å². The van der Waals surface area contributed by atoms with Gasteiger partial charge < -0.3 is 5.32 Å². The first-order chi connectivity index (χ1) is 10.8. The Morgan fingerprint density at radius 3 is 2.82 bits per heavy atom. The number of hydrogen-bond acceptors (Lipinski definition) is 3. The summed E-state index contributed by atoms with van der Waals surface area (Å²) >= 11 is 1.59. The molecule has 3 aromatic rings. The molecular weight excluding hydrogens is 294 g/mol. The van der Waals surface area contributed by atoms with Crippen molar-refractivity contribution in [2.24, 2.45) is 0 Å². The number of carbonyl (C=O) groups excluding carboxylic acids is 1. The van der Waals surface area contributed by atoms with Crippen LogP contribution >= 0.6 is 11.3 Å². The predicted octanol–water partition coefficient (Wildman–Crippen LogP) is 3.50. The Balaban J connectivity index is 1.54. The van der Waals surface area contributed by atoms with Crippen LogP contribution in [0, 0.1) is 0 Å². The van der Waals surface area contributed by atoms with Gasteiger partial charge in [0.2, 0.25) is 0 Å². The molecule has 2 aromatic heterocycles. The summed E-state index contributed by atoms with van der Waals surface area (Å²) in [6.07, 6.45) is 3.47. The fraction of sp³-hybridized carbons (Fsp3) is 0.176. The zero-order valence-electron chi connectivity index (χ0n) is 12.1. The zero-order valence-corrected chi connectivity index (χ0v) is 12.9. The van der Waals surface area contributed by atoms with Crippen molar-refractivity contribution in [1.29, 1.82) is 0 Å². The van der Waals surface area contributed by atoms with Crippen molar-refractivity contribution in [3.8, 4) is 10.6 Å². The Bertz CT molecular complexity index is 719. The Hall–Kier alpha value is -2.40. The number of hydrogen-bond donors (Lipinski definition) is 2. The molecule has 0 saturated carbocycles. The summed E-state index contributed by atoms with van der Waals surface area (Å²) in [6, 6.07) is 14.2. The first-order valence-corrected chi connectivity index (χ1v) is 8.12. The molecule has 0 atom stereocenters. The average molecular weight is 311 g/mol. The number of H-pyrrole nitrogens is 1. The second-order valence-electron chi connectivity index (χ2n) is 4.98. The quantitative estimate of drug-likeness (QED) is 0.685. The van der Waals surface area contributed by atoms with Gasteiger partial charge in [0, 0.05) is 6.54 Å². The summed E-state index contributed by atoms with van der Waals surface area (Å²) < 4.78 is 0. The van der Waals surface area contributed by atoms with Gasteiger partial charge in [-0.15, -0.1) is 11.3 Å². The molecule has 0 aliphatic rings. The maximum absolute atomic E-state index is 12.3. The highest BCUT2D eigenvalue weighted by Gasteiger charge is 2.15. The third kappa shape index (κ3) is 3.43. The minimum atomic E-state index is -0.0785. The molecule has 1 aromatic carbocycles. The summed E-state index contributed by atoms with van der Waals surface area (Å²) in [5.74, 6) is -0.0785. The Morgan fingerprint density at radius 2 is 2.05 bits per heavy atom. The number of amides is 1. The van der Waals surface area contributed by atoms with Gasteiger partial charge in [0.15, 0.2) is 0 Å². The maximum Gasteiger partial charge on any atom is 0.255 e. The first-order valence-electron chi connectivity index (χ1n) is 7.24. The predicted molar refractivity (Wildman–Crippen MR) is 89.0 cm³/mol. The fourth-order valence-corrected chi connectivity index (χ4v) is 3.04. The monoisotopic (exact) mass is 311 g/mol. The average Bonchev–Trinajstić information content (AvgIpc) is 3.22. The lowest BCUT2D eigenvalue weighted by Gasteiger charge is -2.05. The lowest BCUT2D eigenvalue weighted by molar-refractivity contribution is 0.0954. The minimum absolute atomic E-state index is 0.0785. The van der Waals surface area contributed by atoms with E-state index in [0.717, 1.165) is 23.4 Å². The number of benzene rings is 1. The van der Waals surface area contributed by atoms with E-state index in [0.29, 0.717) is 12.1 Å². The third-order valence-electron chi connectivity index (χ3n) is 3.42. The number of aryl methyl sites for hydroxylation is 1. The molecule has 112 valence electrons. The lowest BCUT2D eigenvalue weighted by Crippen LogP contribution is -2.24. The molecule has 2 N–H and O–H groups in total. The van der Waals surface area contributed by atoms with Crippen LogP contribution in [0.3, 0.4) is 0 Å². The number of thiophene rings is 1. The molecule has 0 aliphatic heterocycles. The van der Waals surface area contributed by atoms with Crippen molar-refractivity contribution in [2.75, 3.05) is 6.54 Å². The van der Waals surface area contributed by atoms with E-state index in [1.165, 1.54) is 5.56 Å². The zero-order chi connectivity index (χ0) is 15.2. The van der Waals surface area contributed by atoms with Crippen LogP contribution in [0.25, 0.3) is 10.6 Å². The summed E-state index contributed by atoms with van der Waals surface area (Å²) in [5.41, 5.74) is 2.68. The number of nitrogens with one attached hydrogen (secondary N) is 2. The summed E-state index contributed by atoms with van der Waals surface area (Å²) in [7, 11) is 0. The fourth-order valence-electron chi connectivity index (χ4n) is 2.30. The Kier molecular flexibility index (Phi) is 4.65. The van der Waals surface area contributed by atoms with E-state index in [1.807, 2.05) is 35.7 Å². The van der Waals surface area contributed by atoms with Gasteiger partial charge in [-0.25, -0.2) is 0 Å². The molecule has 0 bridgehead atoms. The second kappa shape index (κ2) is 7.04. The van der Waals surface area contributed by atoms with E-state index in [-0.39, 0.29) is 5.91 Å². The number of rotatable bonds is 6. The molecule has 5 heteroatoms. The van der Waals surface area contributed by atoms with Crippen LogP contribution in [-0.2, 0) is 6.42 Å². The molecule has 0 fully saturated rings. The van der Waals surface area contributed by atoms with Crippen molar-refractivity contribution in [2.45, 2.75) is 12.8 Å². The van der Waals surface area contributed by atoms with Crippen LogP contribution in [0.1, 0.15) is 22.3 Å². The topological polar surface area (TPSA) is 57.8 Å². The Labute approximate surface area is 133 Å². The first kappa shape index (κ1) is 14.5. The lowest BCUT2D eigenvalue weighted by atomic mass is 10.1. The minimum Gasteiger partial charge on any atom is -0.352 e. The highest BCUT2D eigenvalue weighted by molar-refractivity contribution is 7.13. The molecule has 2 heterocycles. The van der Waals surface area contributed by atoms with Crippen LogP contribution in [0.15, 0.2) is 54.0 Å². The van der Waals surface area contributed by atoms with E-state index in [2.05, 4.69) is 27.6 Å². The summed E-state index contributed by atoms with van der Waals surface area (Å²) in [5, 5.41) is 11.8. The van der Waals surface area contributed by atoms with Crippen molar-refractivity contribution in [3.63, 3.8) is 0 Å². The van der Waals surface area contributed by atoms with E-state index < -0.39 is 0 Å². The molecule has 3 rings (SSSR count). The molecule has 0 radical (unpaired) electrons. The molecule has 22 heavy (non-hydrogen) atoms. The van der Waals surface area contributed by atoms with Gasteiger partial charge in [0.25, 0.3) is 5.91 Å². The number of aromatic amines is 1. The summed E-state index contributed by atoms with van der Waals surface area (Å²) in [4.78, 5) is 13.3. The van der Waals surface area contributed by atoms with Crippen LogP contribution in [0.2, 0.25) is 0 Å². The van der Waals surface area contributed by atoms with Crippen molar-refractivity contribution < 1.29 is 4.79 Å². The van der Waals surface area contributed by atoms with Crippen LogP contribution < -0.4 is 5.32 Å². The van der Waals surface area contributed by atoms with Crippen molar-refractivity contribution in [1.82, 2.24) is 15.5 Å². The molecule has 1 amide bonds. The van der Waals surface area contributed by atoms with Crippen LogP contribution in [0.5, 0.6) is 0 Å². The van der Waals surface area contributed by atoms with E-state index in [4.69, 9.17) is 0 Å². The number of nitrogens with zero attached hydrogens (tertiary/aromatic N) is 1. The van der Waals surface area contributed by atoms with Gasteiger partial charge in [-0.1, -0.05) is 36.4 Å². The highest BCUT2D eigenvalue weighted by atomic mass is 32.1. The molecular formula is C17H17N3OS. The molecule has 0 unspecified atom stereocenters. The van der Waals surface area contributed by atoms with Gasteiger partial charge in [0.05, 0.1) is 22.3 Å². The maximum atomic E-state index is 12.3. The third-order valence-corrected chi connectivity index (χ3v) is 4.31. The highest BCUT2D eigenvalue weighted by Crippen LogP contribution is 2.25. The summed E-state index contributed by atoms with van der Waals surface area (Å²) in [6.45, 7) is 0.656. The SMILES string of the molecule is O=C(NCCCc1ccccc1)c1cn[nH]c1-c1cccs1. The van der Waals surface area contributed by atoms with Gasteiger partial charge in [-0.05, 0) is 29.9 Å². The number of carbonyl (C=O) groups is 1. The molecule has 4 nitrogen and oxygen atoms in total. The van der Waals surface area contributed by atoms with Crippen LogP contribution in [0.4, 0.5) is 0 Å². The van der Waals surface area contributed by atoms with Crippen LogP contribution in [-0.4, -0.2) is 22.6 Å². The number of aromatic nitrogens is 2. The second-order valence-corrected chi connectivity index (χ2v) is 5.93. The largest absolute Gasteiger partial charge is 0.352 e. The van der Waals surface area contributed by atoms with E-state index >= 15 is 0 Å². The van der Waals surface area contributed by atoms with Crippen molar-refractivity contribution >= 4 is 17.2 Å². The normalized spacial score (nSPS) is 10.5. The Morgan fingerprint density at radius 1 is 1.18 bits per heavy atom. The van der Waals surface area contributed by atoms with Gasteiger partial charge in [-0.2, -0.15) is 5.10 Å². The van der Waals surface area contributed by atoms with E-state index in [1.54, 1.807) is 17.5 Å². The molecule has 0 aliphatic carbocycles. The van der Waals surface area contributed by atoms with E-state index in [9.17, 15) is 4.79 Å². The van der Waals surface area contributed by atoms with Gasteiger partial charge in [0.1, 0.15) is 0 Å². The standard InChI is InChI=1S/C17H17N3OS/c21-17(18-10-4-8-13-6-2-1-3-7-13)14-12-19-20-16(14)15-9-5-11-22-15/h1-3,5-7,9,11-12H,4,8,10H2,(H,18,21)(H,19,20). The smallest absolute Gasteiger partial charge is 0.255 e. The molecule has 0 spiro atoms.